The molecule has 0 bridgehead atoms. The van der Waals surface area contributed by atoms with Gasteiger partial charge in [0.15, 0.2) is 5.78 Å². The van der Waals surface area contributed by atoms with E-state index in [2.05, 4.69) is 16.5 Å². The third-order valence-corrected chi connectivity index (χ3v) is 3.90. The Morgan fingerprint density at radius 3 is 3.06 bits per heavy atom. The van der Waals surface area contributed by atoms with Crippen LogP contribution in [0.1, 0.15) is 33.6 Å². The van der Waals surface area contributed by atoms with Crippen molar-refractivity contribution in [1.82, 2.24) is 9.59 Å². The smallest absolute Gasteiger partial charge is 0.181 e. The molecule has 0 aliphatic rings. The Morgan fingerprint density at radius 1 is 1.50 bits per heavy atom. The van der Waals surface area contributed by atoms with Gasteiger partial charge in [0.2, 0.25) is 0 Å². The van der Waals surface area contributed by atoms with Crippen LogP contribution in [0, 0.1) is 0 Å². The molecule has 0 spiro atoms. The zero-order valence-electron chi connectivity index (χ0n) is 8.97. The summed E-state index contributed by atoms with van der Waals surface area (Å²) in [6, 6.07) is 3.95. The van der Waals surface area contributed by atoms with Crippen LogP contribution in [-0.4, -0.2) is 15.4 Å². The van der Waals surface area contributed by atoms with Crippen molar-refractivity contribution in [2.75, 3.05) is 0 Å². The minimum absolute atomic E-state index is 0.140. The molecule has 0 fully saturated rings. The van der Waals surface area contributed by atoms with Crippen LogP contribution in [0.25, 0.3) is 0 Å². The fourth-order valence-corrected chi connectivity index (χ4v) is 2.82. The highest BCUT2D eigenvalue weighted by Gasteiger charge is 2.16. The number of thiophene rings is 1. The third-order valence-electron chi connectivity index (χ3n) is 2.21. The van der Waals surface area contributed by atoms with Crippen molar-refractivity contribution in [3.8, 4) is 0 Å². The Balaban J connectivity index is 2.11. The van der Waals surface area contributed by atoms with Crippen molar-refractivity contribution in [2.45, 2.75) is 26.2 Å². The summed E-state index contributed by atoms with van der Waals surface area (Å²) in [5, 5.41) is 5.99. The summed E-state index contributed by atoms with van der Waals surface area (Å²) in [5.74, 6) is 0.140. The van der Waals surface area contributed by atoms with Crippen LogP contribution in [-0.2, 0) is 12.8 Å². The quantitative estimate of drug-likeness (QED) is 0.768. The molecule has 0 aliphatic carbocycles. The lowest BCUT2D eigenvalue weighted by molar-refractivity contribution is 0.0996. The Morgan fingerprint density at radius 2 is 2.38 bits per heavy atom. The average Bonchev–Trinajstić information content (AvgIpc) is 2.89. The number of ketones is 1. The molecule has 0 amide bonds. The first-order chi connectivity index (χ1) is 7.81. The van der Waals surface area contributed by atoms with Crippen LogP contribution in [0.15, 0.2) is 17.5 Å². The molecule has 2 aromatic heterocycles. The summed E-state index contributed by atoms with van der Waals surface area (Å²) in [6.45, 7) is 2.08. The van der Waals surface area contributed by atoms with Gasteiger partial charge < -0.3 is 0 Å². The molecule has 3 nitrogen and oxygen atoms in total. The van der Waals surface area contributed by atoms with Gasteiger partial charge in [-0.1, -0.05) is 23.9 Å². The Kier molecular flexibility index (Phi) is 3.79. The highest BCUT2D eigenvalue weighted by molar-refractivity contribution is 7.10. The number of aryl methyl sites for hydroxylation is 1. The number of nitrogens with zero attached hydrogens (tertiary/aromatic N) is 2. The standard InChI is InChI=1S/C11H12N2OS2/c1-2-4-9-11(16-13-12-9)10(14)7-8-5-3-6-15-8/h3,5-6H,2,4,7H2,1H3. The maximum absolute atomic E-state index is 12.0. The fraction of sp³-hybridized carbons (Fsp3) is 0.364. The first-order valence-corrected chi connectivity index (χ1v) is 6.83. The number of hydrogen-bond donors (Lipinski definition) is 0. The zero-order chi connectivity index (χ0) is 11.4. The van der Waals surface area contributed by atoms with Crippen LogP contribution >= 0.6 is 22.9 Å². The van der Waals surface area contributed by atoms with Crippen molar-refractivity contribution in [2.24, 2.45) is 0 Å². The van der Waals surface area contributed by atoms with E-state index in [0.29, 0.717) is 6.42 Å². The molecule has 0 atom stereocenters. The van der Waals surface area contributed by atoms with E-state index >= 15 is 0 Å². The second-order valence-corrected chi connectivity index (χ2v) is 5.26. The van der Waals surface area contributed by atoms with Crippen LogP contribution < -0.4 is 0 Å². The van der Waals surface area contributed by atoms with Crippen molar-refractivity contribution in [1.29, 1.82) is 0 Å². The van der Waals surface area contributed by atoms with E-state index in [-0.39, 0.29) is 5.78 Å². The van der Waals surface area contributed by atoms with E-state index < -0.39 is 0 Å². The van der Waals surface area contributed by atoms with E-state index in [1.54, 1.807) is 11.3 Å². The second-order valence-electron chi connectivity index (χ2n) is 3.48. The fourth-order valence-electron chi connectivity index (χ4n) is 1.47. The van der Waals surface area contributed by atoms with Gasteiger partial charge in [-0.15, -0.1) is 16.4 Å². The SMILES string of the molecule is CCCc1nnsc1C(=O)Cc1cccs1. The van der Waals surface area contributed by atoms with Gasteiger partial charge in [-0.2, -0.15) is 0 Å². The monoisotopic (exact) mass is 252 g/mol. The number of rotatable bonds is 5. The molecule has 2 aromatic rings. The number of carbonyl (C=O) groups is 1. The highest BCUT2D eigenvalue weighted by atomic mass is 32.1. The van der Waals surface area contributed by atoms with E-state index in [4.69, 9.17) is 0 Å². The van der Waals surface area contributed by atoms with E-state index in [1.807, 2.05) is 17.5 Å². The summed E-state index contributed by atoms with van der Waals surface area (Å²) in [7, 11) is 0. The molecule has 0 unspecified atom stereocenters. The Labute approximate surface area is 102 Å². The zero-order valence-corrected chi connectivity index (χ0v) is 10.6. The predicted molar refractivity (Wildman–Crippen MR) is 66.3 cm³/mol. The van der Waals surface area contributed by atoms with Crippen LogP contribution in [0.4, 0.5) is 0 Å². The number of Topliss-reactive ketones (excluding diaryl/α,β-unsaturated/α-hetero) is 1. The molecule has 2 heterocycles. The first-order valence-electron chi connectivity index (χ1n) is 5.18. The number of aromatic nitrogens is 2. The maximum Gasteiger partial charge on any atom is 0.181 e. The van der Waals surface area contributed by atoms with Crippen molar-refractivity contribution in [3.63, 3.8) is 0 Å². The van der Waals surface area contributed by atoms with Crippen LogP contribution in [0.2, 0.25) is 0 Å². The normalized spacial score (nSPS) is 10.6. The van der Waals surface area contributed by atoms with E-state index in [1.165, 1.54) is 11.5 Å². The van der Waals surface area contributed by atoms with Crippen LogP contribution in [0.5, 0.6) is 0 Å². The molecule has 0 radical (unpaired) electrons. The summed E-state index contributed by atoms with van der Waals surface area (Å²) in [5.41, 5.74) is 0.856. The number of hydrogen-bond acceptors (Lipinski definition) is 5. The summed E-state index contributed by atoms with van der Waals surface area (Å²) in [6.07, 6.45) is 2.30. The molecular formula is C11H12N2OS2. The van der Waals surface area contributed by atoms with Crippen molar-refractivity contribution in [3.05, 3.63) is 33.0 Å². The number of carbonyl (C=O) groups excluding carboxylic acids is 1. The summed E-state index contributed by atoms with van der Waals surface area (Å²) >= 11 is 2.82. The molecule has 5 heteroatoms. The van der Waals surface area contributed by atoms with Gasteiger partial charge in [-0.3, -0.25) is 4.79 Å². The van der Waals surface area contributed by atoms with Crippen molar-refractivity contribution < 1.29 is 4.79 Å². The molecule has 0 aromatic carbocycles. The first kappa shape index (κ1) is 11.4. The molecule has 16 heavy (non-hydrogen) atoms. The highest BCUT2D eigenvalue weighted by Crippen LogP contribution is 2.18. The van der Waals surface area contributed by atoms with E-state index in [0.717, 1.165) is 28.3 Å². The Hall–Kier alpha value is -1.07. The second kappa shape index (κ2) is 5.32. The molecule has 2 rings (SSSR count). The van der Waals surface area contributed by atoms with E-state index in [9.17, 15) is 4.79 Å². The predicted octanol–water partition coefficient (Wildman–Crippen LogP) is 2.98. The van der Waals surface area contributed by atoms with Gasteiger partial charge in [-0.05, 0) is 29.4 Å². The minimum Gasteiger partial charge on any atom is -0.293 e. The summed E-state index contributed by atoms with van der Waals surface area (Å²) < 4.78 is 3.87. The molecule has 0 aliphatic heterocycles. The molecular weight excluding hydrogens is 240 g/mol. The van der Waals surface area contributed by atoms with Gasteiger partial charge in [0, 0.05) is 11.3 Å². The topological polar surface area (TPSA) is 42.9 Å². The largest absolute Gasteiger partial charge is 0.293 e. The maximum atomic E-state index is 12.0. The molecule has 0 saturated carbocycles. The molecule has 0 saturated heterocycles. The van der Waals surface area contributed by atoms with Crippen LogP contribution in [0.3, 0.4) is 0 Å². The Bertz CT molecular complexity index is 462. The minimum atomic E-state index is 0.140. The lowest BCUT2D eigenvalue weighted by Crippen LogP contribution is -2.03. The van der Waals surface area contributed by atoms with Gasteiger partial charge in [0.05, 0.1) is 5.69 Å². The molecule has 84 valence electrons. The van der Waals surface area contributed by atoms with Gasteiger partial charge in [-0.25, -0.2) is 0 Å². The van der Waals surface area contributed by atoms with Crippen molar-refractivity contribution >= 4 is 28.7 Å². The molecule has 0 N–H and O–H groups in total. The lowest BCUT2D eigenvalue weighted by atomic mass is 10.1. The third kappa shape index (κ3) is 2.54. The van der Waals surface area contributed by atoms with Gasteiger partial charge >= 0.3 is 0 Å². The summed E-state index contributed by atoms with van der Waals surface area (Å²) in [4.78, 5) is 13.8. The van der Waals surface area contributed by atoms with Gasteiger partial charge in [0.25, 0.3) is 0 Å². The van der Waals surface area contributed by atoms with Gasteiger partial charge in [0.1, 0.15) is 4.88 Å². The average molecular weight is 252 g/mol. The lowest BCUT2D eigenvalue weighted by Gasteiger charge is -1.97.